The summed E-state index contributed by atoms with van der Waals surface area (Å²) in [5.41, 5.74) is 0. The molecule has 1 saturated carbocycles. The molecule has 5 heteroatoms. The van der Waals surface area contributed by atoms with Crippen molar-refractivity contribution in [3.05, 3.63) is 0 Å². The summed E-state index contributed by atoms with van der Waals surface area (Å²) < 4.78 is 12.9. The monoisotopic (exact) mass is 162 g/mol. The van der Waals surface area contributed by atoms with Crippen molar-refractivity contribution in [3.63, 3.8) is 0 Å². The molecule has 11 heavy (non-hydrogen) atoms. The summed E-state index contributed by atoms with van der Waals surface area (Å²) in [4.78, 5) is 0. The highest BCUT2D eigenvalue weighted by Crippen LogP contribution is 2.32. The number of alkyl halides is 1. The highest BCUT2D eigenvalue weighted by atomic mass is 19.1. The maximum Gasteiger partial charge on any atom is 0.460 e. The third kappa shape index (κ3) is 1.92. The van der Waals surface area contributed by atoms with E-state index in [9.17, 15) is 4.39 Å². The largest absolute Gasteiger partial charge is 0.460 e. The second kappa shape index (κ2) is 3.52. The lowest BCUT2D eigenvalue weighted by atomic mass is 9.63. The number of hydrogen-bond acceptors (Lipinski definition) is 3. The van der Waals surface area contributed by atoms with Crippen LogP contribution in [0.15, 0.2) is 0 Å². The van der Waals surface area contributed by atoms with Gasteiger partial charge < -0.3 is 15.2 Å². The van der Waals surface area contributed by atoms with Gasteiger partial charge in [-0.1, -0.05) is 0 Å². The van der Waals surface area contributed by atoms with Gasteiger partial charge in [-0.15, -0.1) is 0 Å². The Morgan fingerprint density at radius 1 is 1.27 bits per heavy atom. The van der Waals surface area contributed by atoms with E-state index in [1.165, 1.54) is 0 Å². The molecule has 0 aromatic heterocycles. The second-order valence-corrected chi connectivity index (χ2v) is 3.01. The van der Waals surface area contributed by atoms with E-state index in [-0.39, 0.29) is 0 Å². The van der Waals surface area contributed by atoms with Gasteiger partial charge in [0.2, 0.25) is 0 Å². The molecular formula is C6H12BFO3. The van der Waals surface area contributed by atoms with Crippen LogP contribution in [0.5, 0.6) is 0 Å². The maximum absolute atomic E-state index is 12.9. The van der Waals surface area contributed by atoms with Crippen molar-refractivity contribution in [1.82, 2.24) is 0 Å². The molecule has 0 spiro atoms. The highest BCUT2D eigenvalue weighted by Gasteiger charge is 2.40. The van der Waals surface area contributed by atoms with Crippen molar-refractivity contribution in [2.24, 2.45) is 0 Å². The van der Waals surface area contributed by atoms with Crippen molar-refractivity contribution in [2.75, 3.05) is 0 Å². The van der Waals surface area contributed by atoms with E-state index in [0.717, 1.165) is 0 Å². The van der Waals surface area contributed by atoms with E-state index in [1.54, 1.807) is 0 Å². The van der Waals surface area contributed by atoms with E-state index in [4.69, 9.17) is 15.2 Å². The number of hydrogen-bond donors (Lipinski definition) is 3. The topological polar surface area (TPSA) is 60.7 Å². The zero-order valence-electron chi connectivity index (χ0n) is 6.15. The molecule has 3 atom stereocenters. The zero-order chi connectivity index (χ0) is 8.43. The molecule has 64 valence electrons. The zero-order valence-corrected chi connectivity index (χ0v) is 6.15. The molecule has 0 heterocycles. The van der Waals surface area contributed by atoms with Gasteiger partial charge in [0.1, 0.15) is 6.17 Å². The Bertz CT molecular complexity index is 123. The van der Waals surface area contributed by atoms with Crippen molar-refractivity contribution >= 4 is 7.12 Å². The first-order valence-corrected chi connectivity index (χ1v) is 3.81. The number of aliphatic hydroxyl groups is 1. The van der Waals surface area contributed by atoms with Gasteiger partial charge in [0, 0.05) is 0 Å². The molecule has 3 N–H and O–H groups in total. The van der Waals surface area contributed by atoms with Gasteiger partial charge in [-0.3, -0.25) is 0 Å². The van der Waals surface area contributed by atoms with Crippen LogP contribution in [0.2, 0.25) is 5.82 Å². The number of aliphatic hydroxyl groups excluding tert-OH is 1. The molecule has 0 aromatic rings. The minimum Gasteiger partial charge on any atom is -0.427 e. The van der Waals surface area contributed by atoms with E-state index in [1.807, 2.05) is 0 Å². The van der Waals surface area contributed by atoms with Crippen LogP contribution in [0.1, 0.15) is 19.3 Å². The average Bonchev–Trinajstić information content (AvgIpc) is 1.85. The van der Waals surface area contributed by atoms with Crippen molar-refractivity contribution in [3.8, 4) is 0 Å². The fourth-order valence-corrected chi connectivity index (χ4v) is 1.53. The smallest absolute Gasteiger partial charge is 0.427 e. The van der Waals surface area contributed by atoms with Gasteiger partial charge in [0.05, 0.1) is 11.9 Å². The lowest BCUT2D eigenvalue weighted by Crippen LogP contribution is -2.39. The summed E-state index contributed by atoms with van der Waals surface area (Å²) in [6.07, 6.45) is -0.786. The van der Waals surface area contributed by atoms with Crippen molar-refractivity contribution < 1.29 is 19.5 Å². The Labute approximate surface area is 65.0 Å². The summed E-state index contributed by atoms with van der Waals surface area (Å²) in [5.74, 6) is -1.01. The molecule has 0 aromatic carbocycles. The molecule has 1 aliphatic carbocycles. The third-order valence-corrected chi connectivity index (χ3v) is 2.19. The highest BCUT2D eigenvalue weighted by molar-refractivity contribution is 6.43. The fraction of sp³-hybridized carbons (Fsp3) is 1.00. The summed E-state index contributed by atoms with van der Waals surface area (Å²) >= 11 is 0. The SMILES string of the molecule is OB(O)C1C(O)CCCC1F. The van der Waals surface area contributed by atoms with Crippen LogP contribution in [0.4, 0.5) is 4.39 Å². The molecule has 0 radical (unpaired) electrons. The van der Waals surface area contributed by atoms with Gasteiger partial charge in [-0.25, -0.2) is 4.39 Å². The second-order valence-electron chi connectivity index (χ2n) is 3.01. The Kier molecular flexibility index (Phi) is 2.87. The maximum atomic E-state index is 12.9. The first-order valence-electron chi connectivity index (χ1n) is 3.81. The standard InChI is InChI=1S/C6H12BFO3/c8-4-2-1-3-5(9)6(4)7(10)11/h4-6,9-11H,1-3H2. The lowest BCUT2D eigenvalue weighted by molar-refractivity contribution is 0.0697. The van der Waals surface area contributed by atoms with Crippen LogP contribution < -0.4 is 0 Å². The molecule has 1 aliphatic rings. The quantitative estimate of drug-likeness (QED) is 0.464. The summed E-state index contributed by atoms with van der Waals surface area (Å²) in [5, 5.41) is 26.5. The van der Waals surface area contributed by atoms with Gasteiger partial charge in [-0.2, -0.15) is 0 Å². The summed E-state index contributed by atoms with van der Waals surface area (Å²) in [6, 6.07) is 0. The Hall–Kier alpha value is -0.125. The fourth-order valence-electron chi connectivity index (χ4n) is 1.53. The number of halogens is 1. The van der Waals surface area contributed by atoms with Crippen LogP contribution in [-0.4, -0.2) is 34.5 Å². The van der Waals surface area contributed by atoms with Crippen LogP contribution in [0, 0.1) is 0 Å². The first-order chi connectivity index (χ1) is 5.13. The third-order valence-electron chi connectivity index (χ3n) is 2.19. The molecule has 3 unspecified atom stereocenters. The molecular weight excluding hydrogens is 150 g/mol. The first kappa shape index (κ1) is 8.97. The van der Waals surface area contributed by atoms with E-state index in [2.05, 4.69) is 0 Å². The molecule has 1 rings (SSSR count). The molecule has 3 nitrogen and oxygen atoms in total. The molecule has 1 fully saturated rings. The lowest BCUT2D eigenvalue weighted by Gasteiger charge is -2.29. The molecule has 0 aliphatic heterocycles. The Morgan fingerprint density at radius 2 is 1.91 bits per heavy atom. The van der Waals surface area contributed by atoms with E-state index < -0.39 is 25.2 Å². The van der Waals surface area contributed by atoms with Gasteiger partial charge >= 0.3 is 7.12 Å². The average molecular weight is 162 g/mol. The van der Waals surface area contributed by atoms with E-state index >= 15 is 0 Å². The van der Waals surface area contributed by atoms with Crippen LogP contribution >= 0.6 is 0 Å². The predicted octanol–water partition coefficient (Wildman–Crippen LogP) is -0.288. The van der Waals surface area contributed by atoms with Crippen LogP contribution in [0.25, 0.3) is 0 Å². The normalized spacial score (nSPS) is 38.7. The Morgan fingerprint density at radius 3 is 2.27 bits per heavy atom. The number of rotatable bonds is 1. The van der Waals surface area contributed by atoms with Gasteiger partial charge in [0.15, 0.2) is 0 Å². The molecule has 0 amide bonds. The van der Waals surface area contributed by atoms with E-state index in [0.29, 0.717) is 19.3 Å². The van der Waals surface area contributed by atoms with Crippen molar-refractivity contribution in [1.29, 1.82) is 0 Å². The van der Waals surface area contributed by atoms with Crippen LogP contribution in [0.3, 0.4) is 0 Å². The minimum absolute atomic E-state index is 0.319. The summed E-state index contributed by atoms with van der Waals surface area (Å²) in [7, 11) is -1.74. The van der Waals surface area contributed by atoms with Gasteiger partial charge in [0.25, 0.3) is 0 Å². The molecule has 0 saturated heterocycles. The van der Waals surface area contributed by atoms with Crippen LogP contribution in [-0.2, 0) is 0 Å². The van der Waals surface area contributed by atoms with Crippen molar-refractivity contribution in [2.45, 2.75) is 37.4 Å². The molecule has 0 bridgehead atoms. The Balaban J connectivity index is 2.55. The van der Waals surface area contributed by atoms with Gasteiger partial charge in [-0.05, 0) is 19.3 Å². The summed E-state index contributed by atoms with van der Waals surface area (Å²) in [6.45, 7) is 0. The predicted molar refractivity (Wildman–Crippen MR) is 38.7 cm³/mol. The minimum atomic E-state index is -1.74.